The van der Waals surface area contributed by atoms with Gasteiger partial charge < -0.3 is 29.7 Å². The third kappa shape index (κ3) is 6.42. The Morgan fingerprint density at radius 3 is 1.98 bits per heavy atom. The number of halogens is 7. The quantitative estimate of drug-likeness (QED) is 0.190. The van der Waals surface area contributed by atoms with E-state index in [4.69, 9.17) is 8.83 Å². The number of hydrogen-bond donors (Lipinski definition) is 3. The second-order valence-electron chi connectivity index (χ2n) is 10.7. The lowest BCUT2D eigenvalue weighted by atomic mass is 10.1. The molecule has 1 amide bonds. The van der Waals surface area contributed by atoms with E-state index in [1.807, 2.05) is 0 Å². The third-order valence-corrected chi connectivity index (χ3v) is 7.55. The molecule has 2 atom stereocenters. The van der Waals surface area contributed by atoms with Crippen molar-refractivity contribution in [1.29, 1.82) is 0 Å². The number of aromatic nitrogens is 2. The zero-order valence-corrected chi connectivity index (χ0v) is 23.7. The molecule has 0 bridgehead atoms. The number of rotatable bonds is 5. The van der Waals surface area contributed by atoms with E-state index in [9.17, 15) is 35.5 Å². The molecule has 2 aliphatic rings. The van der Waals surface area contributed by atoms with Crippen LogP contribution >= 0.6 is 0 Å². The summed E-state index contributed by atoms with van der Waals surface area (Å²) in [4.78, 5) is 22.0. The molecular formula is C30H25F7N6O3. The molecule has 2 fully saturated rings. The Kier molecular flexibility index (Phi) is 8.46. The van der Waals surface area contributed by atoms with Crippen molar-refractivity contribution in [1.82, 2.24) is 20.2 Å². The number of amides is 1. The average Bonchev–Trinajstić information content (AvgIpc) is 3.85. The molecule has 5 aromatic rings. The van der Waals surface area contributed by atoms with Crippen LogP contribution in [0.1, 0.15) is 28.8 Å². The monoisotopic (exact) mass is 650 g/mol. The van der Waals surface area contributed by atoms with Crippen molar-refractivity contribution in [3.8, 4) is 0 Å². The van der Waals surface area contributed by atoms with Gasteiger partial charge in [0.1, 0.15) is 11.0 Å². The summed E-state index contributed by atoms with van der Waals surface area (Å²) in [6, 6.07) is 9.28. The molecule has 2 aliphatic heterocycles. The van der Waals surface area contributed by atoms with Crippen LogP contribution in [0.3, 0.4) is 0 Å². The van der Waals surface area contributed by atoms with Crippen LogP contribution in [0.4, 0.5) is 42.8 Å². The number of nitrogens with zero attached hydrogens (tertiary/aromatic N) is 3. The number of carbonyl (C=O) groups is 1. The molecule has 2 aromatic heterocycles. The van der Waals surface area contributed by atoms with Gasteiger partial charge >= 0.3 is 6.18 Å². The van der Waals surface area contributed by atoms with Crippen LogP contribution in [0.2, 0.25) is 0 Å². The normalized spacial score (nSPS) is 18.2. The molecular weight excluding hydrogens is 625 g/mol. The van der Waals surface area contributed by atoms with Gasteiger partial charge in [0.25, 0.3) is 17.9 Å². The number of alkyl halides is 3. The average molecular weight is 651 g/mol. The fourth-order valence-electron chi connectivity index (χ4n) is 5.27. The molecule has 16 heteroatoms. The smallest absolute Gasteiger partial charge is 0.417 e. The van der Waals surface area contributed by atoms with E-state index in [1.165, 1.54) is 29.2 Å². The number of oxazole rings is 2. The summed E-state index contributed by atoms with van der Waals surface area (Å²) < 4.78 is 103. The van der Waals surface area contributed by atoms with Crippen molar-refractivity contribution in [2.75, 3.05) is 36.8 Å². The molecule has 0 saturated carbocycles. The Labute approximate surface area is 255 Å². The molecule has 7 rings (SSSR count). The fraction of sp³-hybridized carbons (Fsp3) is 0.300. The van der Waals surface area contributed by atoms with Gasteiger partial charge in [0.15, 0.2) is 22.8 Å². The third-order valence-electron chi connectivity index (χ3n) is 7.55. The number of benzene rings is 3. The summed E-state index contributed by atoms with van der Waals surface area (Å²) >= 11 is 0. The van der Waals surface area contributed by atoms with E-state index < -0.39 is 46.5 Å². The SMILES string of the molecule is Fc1ccc2nc(N[C@@H]3CCNC3)oc2c1F.O=C(c1ccccc1C(F)(F)F)N1CC[C@@H](Nc2nc3ccc(F)c(F)c3o2)C1. The van der Waals surface area contributed by atoms with Crippen LogP contribution in [0.5, 0.6) is 0 Å². The second kappa shape index (κ2) is 12.5. The predicted molar refractivity (Wildman–Crippen MR) is 152 cm³/mol. The largest absolute Gasteiger partial charge is 0.420 e. The van der Waals surface area contributed by atoms with Crippen LogP contribution in [-0.4, -0.2) is 59.0 Å². The minimum Gasteiger partial charge on any atom is -0.420 e. The first-order chi connectivity index (χ1) is 22.0. The summed E-state index contributed by atoms with van der Waals surface area (Å²) in [5, 5.41) is 9.10. The van der Waals surface area contributed by atoms with Crippen molar-refractivity contribution >= 4 is 40.1 Å². The van der Waals surface area contributed by atoms with E-state index in [1.54, 1.807) is 0 Å². The van der Waals surface area contributed by atoms with Gasteiger partial charge in [-0.2, -0.15) is 31.9 Å². The first-order valence-electron chi connectivity index (χ1n) is 14.2. The molecule has 9 nitrogen and oxygen atoms in total. The molecule has 4 heterocycles. The van der Waals surface area contributed by atoms with Crippen LogP contribution in [0, 0.1) is 23.3 Å². The maximum absolute atomic E-state index is 13.7. The van der Waals surface area contributed by atoms with E-state index >= 15 is 0 Å². The van der Waals surface area contributed by atoms with E-state index in [0.29, 0.717) is 11.9 Å². The first kappa shape index (κ1) is 31.1. The Hall–Kier alpha value is -4.86. The van der Waals surface area contributed by atoms with Crippen LogP contribution in [0.15, 0.2) is 57.4 Å². The van der Waals surface area contributed by atoms with Gasteiger partial charge in [0, 0.05) is 31.7 Å². The Balaban J connectivity index is 0.000000185. The van der Waals surface area contributed by atoms with E-state index in [2.05, 4.69) is 25.9 Å². The van der Waals surface area contributed by atoms with Crippen molar-refractivity contribution < 1.29 is 44.4 Å². The number of fused-ring (bicyclic) bond motifs is 2. The molecule has 0 aliphatic carbocycles. The summed E-state index contributed by atoms with van der Waals surface area (Å²) in [6.45, 7) is 2.09. The summed E-state index contributed by atoms with van der Waals surface area (Å²) in [6.07, 6.45) is -3.26. The highest BCUT2D eigenvalue weighted by molar-refractivity contribution is 5.96. The van der Waals surface area contributed by atoms with Crippen molar-refractivity contribution in [3.05, 3.63) is 82.9 Å². The van der Waals surface area contributed by atoms with Gasteiger partial charge in [-0.05, 0) is 55.8 Å². The molecule has 3 aromatic carbocycles. The van der Waals surface area contributed by atoms with Crippen LogP contribution < -0.4 is 16.0 Å². The lowest BCUT2D eigenvalue weighted by Gasteiger charge is -2.19. The lowest BCUT2D eigenvalue weighted by molar-refractivity contribution is -0.138. The lowest BCUT2D eigenvalue weighted by Crippen LogP contribution is -2.33. The van der Waals surface area contributed by atoms with Gasteiger partial charge in [-0.15, -0.1) is 0 Å². The molecule has 46 heavy (non-hydrogen) atoms. The summed E-state index contributed by atoms with van der Waals surface area (Å²) in [5.41, 5.74) is -1.44. The number of carbonyl (C=O) groups excluding carboxylic acids is 1. The molecule has 0 spiro atoms. The molecule has 2 saturated heterocycles. The minimum atomic E-state index is -4.64. The highest BCUT2D eigenvalue weighted by Gasteiger charge is 2.37. The Morgan fingerprint density at radius 2 is 1.41 bits per heavy atom. The fourth-order valence-corrected chi connectivity index (χ4v) is 5.27. The zero-order valence-electron chi connectivity index (χ0n) is 23.7. The number of anilines is 2. The van der Waals surface area contributed by atoms with Crippen LogP contribution in [0.25, 0.3) is 22.2 Å². The second-order valence-corrected chi connectivity index (χ2v) is 10.7. The molecule has 242 valence electrons. The highest BCUT2D eigenvalue weighted by atomic mass is 19.4. The maximum atomic E-state index is 13.7. The number of likely N-dealkylation sites (tertiary alicyclic amines) is 1. The van der Waals surface area contributed by atoms with Gasteiger partial charge in [0.05, 0.1) is 11.1 Å². The van der Waals surface area contributed by atoms with Crippen LogP contribution in [-0.2, 0) is 6.18 Å². The summed E-state index contributed by atoms with van der Waals surface area (Å²) in [5.74, 6) is -4.88. The van der Waals surface area contributed by atoms with Crippen molar-refractivity contribution in [2.24, 2.45) is 0 Å². The van der Waals surface area contributed by atoms with E-state index in [-0.39, 0.29) is 53.9 Å². The standard InChI is InChI=1S/C19H14F5N3O2.C11H11F2N3O/c20-13-5-6-14-16(15(13)21)29-18(26-14)25-10-7-8-27(9-10)17(28)11-3-1-2-4-12(11)19(22,23)24;12-7-1-2-8-10(9(7)13)17-11(16-8)15-6-3-4-14-5-6/h1-6,10H,7-9H2,(H,25,26);1-2,6,14H,3-5H2,(H,15,16)/t10-;6-/m11/s1. The van der Waals surface area contributed by atoms with Gasteiger partial charge in [-0.25, -0.2) is 8.78 Å². The number of hydrogen-bond acceptors (Lipinski definition) is 8. The summed E-state index contributed by atoms with van der Waals surface area (Å²) in [7, 11) is 0. The Morgan fingerprint density at radius 1 is 0.826 bits per heavy atom. The van der Waals surface area contributed by atoms with Crippen molar-refractivity contribution in [3.63, 3.8) is 0 Å². The first-order valence-corrected chi connectivity index (χ1v) is 14.2. The van der Waals surface area contributed by atoms with Gasteiger partial charge in [-0.3, -0.25) is 4.79 Å². The molecule has 3 N–H and O–H groups in total. The van der Waals surface area contributed by atoms with Gasteiger partial charge in [0.2, 0.25) is 11.6 Å². The topological polar surface area (TPSA) is 108 Å². The maximum Gasteiger partial charge on any atom is 0.417 e. The number of nitrogens with one attached hydrogen (secondary N) is 3. The minimum absolute atomic E-state index is 0.0560. The van der Waals surface area contributed by atoms with Gasteiger partial charge in [-0.1, -0.05) is 12.1 Å². The molecule has 0 unspecified atom stereocenters. The van der Waals surface area contributed by atoms with Crippen molar-refractivity contribution in [2.45, 2.75) is 31.1 Å². The van der Waals surface area contributed by atoms with E-state index in [0.717, 1.165) is 43.8 Å². The highest BCUT2D eigenvalue weighted by Crippen LogP contribution is 2.33. The predicted octanol–water partition coefficient (Wildman–Crippen LogP) is 6.33. The molecule has 0 radical (unpaired) electrons. The Bertz CT molecular complexity index is 1890. The zero-order chi connectivity index (χ0) is 32.6.